The lowest BCUT2D eigenvalue weighted by Gasteiger charge is -2.28. The maximum Gasteiger partial charge on any atom is 0.295 e. The first kappa shape index (κ1) is 28.5. The highest BCUT2D eigenvalue weighted by Crippen LogP contribution is 2.40. The average Bonchev–Trinajstić information content (AvgIpc) is 3.22. The third-order valence-corrected chi connectivity index (χ3v) is 7.17. The Labute approximate surface area is 233 Å². The molecule has 1 atom stereocenters. The number of likely N-dealkylation sites (N-methyl/N-ethyl adjacent to an activating group) is 1. The van der Waals surface area contributed by atoms with Crippen molar-refractivity contribution in [1.29, 1.82) is 0 Å². The first-order valence-corrected chi connectivity index (χ1v) is 13.3. The highest BCUT2D eigenvalue weighted by molar-refractivity contribution is 6.46. The zero-order chi connectivity index (χ0) is 28.8. The van der Waals surface area contributed by atoms with Crippen LogP contribution in [-0.4, -0.2) is 57.7 Å². The number of ether oxygens (including phenoxy) is 1. The Hall–Kier alpha value is -4.50. The lowest BCUT2D eigenvalue weighted by atomic mass is 9.94. The van der Waals surface area contributed by atoms with E-state index in [9.17, 15) is 24.8 Å². The lowest BCUT2D eigenvalue weighted by Crippen LogP contribution is -2.38. The van der Waals surface area contributed by atoms with Crippen LogP contribution in [0.25, 0.3) is 5.76 Å². The number of Topliss-reactive ketones (excluding diaryl/α,β-unsaturated/α-hetero) is 1. The molecule has 1 amide bonds. The Bertz CT molecular complexity index is 1430. The predicted molar refractivity (Wildman–Crippen MR) is 152 cm³/mol. The topological polar surface area (TPSA) is 113 Å². The van der Waals surface area contributed by atoms with Gasteiger partial charge in [-0.05, 0) is 54.9 Å². The number of benzene rings is 3. The van der Waals surface area contributed by atoms with E-state index in [1.54, 1.807) is 24.3 Å². The van der Waals surface area contributed by atoms with Crippen LogP contribution in [0.3, 0.4) is 0 Å². The number of carbonyl (C=O) groups excluding carboxylic acids is 2. The summed E-state index contributed by atoms with van der Waals surface area (Å²) in [6.45, 7) is 8.48. The summed E-state index contributed by atoms with van der Waals surface area (Å²) in [5.41, 5.74) is 2.22. The molecule has 1 heterocycles. The predicted octanol–water partition coefficient (Wildman–Crippen LogP) is 5.25. The monoisotopic (exact) mass is 543 g/mol. The van der Waals surface area contributed by atoms with Crippen LogP contribution in [0.15, 0.2) is 78.4 Å². The molecule has 1 aliphatic rings. The summed E-state index contributed by atoms with van der Waals surface area (Å²) in [5, 5.41) is 22.9. The molecule has 3 aromatic rings. The van der Waals surface area contributed by atoms with E-state index in [1.807, 2.05) is 51.1 Å². The third kappa shape index (κ3) is 6.05. The quantitative estimate of drug-likeness (QED) is 0.116. The van der Waals surface area contributed by atoms with Crippen molar-refractivity contribution in [1.82, 2.24) is 9.80 Å². The van der Waals surface area contributed by atoms with Crippen LogP contribution in [0.5, 0.6) is 5.75 Å². The third-order valence-electron chi connectivity index (χ3n) is 7.17. The zero-order valence-electron chi connectivity index (χ0n) is 22.9. The van der Waals surface area contributed by atoms with Gasteiger partial charge in [-0.3, -0.25) is 19.7 Å². The molecule has 0 aliphatic carbocycles. The average molecular weight is 544 g/mol. The lowest BCUT2D eigenvalue weighted by molar-refractivity contribution is -0.384. The molecular formula is C31H33N3O6. The minimum Gasteiger partial charge on any atom is -0.507 e. The molecule has 0 spiro atoms. The van der Waals surface area contributed by atoms with Gasteiger partial charge in [0, 0.05) is 30.8 Å². The van der Waals surface area contributed by atoms with Gasteiger partial charge in [0.15, 0.2) is 0 Å². The maximum atomic E-state index is 13.3. The number of carbonyl (C=O) groups is 2. The molecule has 9 heteroatoms. The van der Waals surface area contributed by atoms with Gasteiger partial charge in [0.1, 0.15) is 18.1 Å². The molecule has 4 rings (SSSR count). The zero-order valence-corrected chi connectivity index (χ0v) is 22.9. The van der Waals surface area contributed by atoms with Crippen molar-refractivity contribution < 1.29 is 24.4 Å². The van der Waals surface area contributed by atoms with Crippen LogP contribution in [-0.2, 0) is 16.2 Å². The SMILES string of the molecule is CCN(CC)CCN1C(=O)C(=O)/C(=C(/O)c2ccc(OCc3ccccc3)c(C)c2)[C@H]1c1cccc([N+](=O)[O-])c1. The second-order valence-electron chi connectivity index (χ2n) is 9.63. The van der Waals surface area contributed by atoms with Gasteiger partial charge < -0.3 is 19.6 Å². The highest BCUT2D eigenvalue weighted by Gasteiger charge is 2.46. The highest BCUT2D eigenvalue weighted by atomic mass is 16.6. The van der Waals surface area contributed by atoms with Crippen molar-refractivity contribution in [2.45, 2.75) is 33.4 Å². The van der Waals surface area contributed by atoms with Crippen molar-refractivity contribution in [3.8, 4) is 5.75 Å². The van der Waals surface area contributed by atoms with E-state index in [4.69, 9.17) is 4.74 Å². The standard InChI is InChI=1S/C31H33N3O6/c1-4-32(5-2)16-17-33-28(23-12-9-13-25(19-23)34(38)39)27(30(36)31(33)37)29(35)24-14-15-26(21(3)18-24)40-20-22-10-7-6-8-11-22/h6-15,18-19,28,35H,4-5,16-17,20H2,1-3H3/b29-27+/t28-/m1/s1. The fourth-order valence-corrected chi connectivity index (χ4v) is 4.90. The number of hydrogen-bond acceptors (Lipinski definition) is 7. The van der Waals surface area contributed by atoms with Crippen molar-refractivity contribution >= 4 is 23.1 Å². The van der Waals surface area contributed by atoms with E-state index in [0.29, 0.717) is 30.0 Å². The minimum atomic E-state index is -0.968. The van der Waals surface area contributed by atoms with Gasteiger partial charge in [0.05, 0.1) is 16.5 Å². The van der Waals surface area contributed by atoms with Gasteiger partial charge in [0.25, 0.3) is 17.4 Å². The smallest absolute Gasteiger partial charge is 0.295 e. The second kappa shape index (κ2) is 12.6. The van der Waals surface area contributed by atoms with Crippen molar-refractivity contribution in [2.75, 3.05) is 26.2 Å². The Balaban J connectivity index is 1.72. The summed E-state index contributed by atoms with van der Waals surface area (Å²) < 4.78 is 5.94. The molecule has 0 saturated carbocycles. The molecule has 1 aliphatic heterocycles. The number of nitro groups is 1. The van der Waals surface area contributed by atoms with Crippen LogP contribution in [0, 0.1) is 17.0 Å². The molecule has 0 bridgehead atoms. The van der Waals surface area contributed by atoms with Gasteiger partial charge >= 0.3 is 0 Å². The number of aryl methyl sites for hydroxylation is 1. The first-order chi connectivity index (χ1) is 19.2. The molecule has 0 unspecified atom stereocenters. The fraction of sp³-hybridized carbons (Fsp3) is 0.290. The Morgan fingerprint density at radius 2 is 1.75 bits per heavy atom. The van der Waals surface area contributed by atoms with E-state index in [1.165, 1.54) is 23.1 Å². The van der Waals surface area contributed by atoms with E-state index in [-0.39, 0.29) is 23.6 Å². The number of nitrogens with zero attached hydrogens (tertiary/aromatic N) is 3. The number of rotatable bonds is 11. The molecule has 9 nitrogen and oxygen atoms in total. The van der Waals surface area contributed by atoms with Gasteiger partial charge in [-0.25, -0.2) is 0 Å². The van der Waals surface area contributed by atoms with Crippen molar-refractivity contribution in [3.05, 3.63) is 111 Å². The van der Waals surface area contributed by atoms with Crippen molar-refractivity contribution in [2.24, 2.45) is 0 Å². The largest absolute Gasteiger partial charge is 0.507 e. The summed E-state index contributed by atoms with van der Waals surface area (Å²) in [4.78, 5) is 41.1. The molecule has 0 radical (unpaired) electrons. The summed E-state index contributed by atoms with van der Waals surface area (Å²) >= 11 is 0. The number of amides is 1. The first-order valence-electron chi connectivity index (χ1n) is 13.3. The van der Waals surface area contributed by atoms with Crippen LogP contribution >= 0.6 is 0 Å². The van der Waals surface area contributed by atoms with Gasteiger partial charge in [-0.2, -0.15) is 0 Å². The van der Waals surface area contributed by atoms with Crippen LogP contribution in [0.1, 0.15) is 42.1 Å². The number of likely N-dealkylation sites (tertiary alicyclic amines) is 1. The van der Waals surface area contributed by atoms with Crippen LogP contribution < -0.4 is 4.74 Å². The van der Waals surface area contributed by atoms with E-state index in [2.05, 4.69) is 4.90 Å². The van der Waals surface area contributed by atoms with E-state index in [0.717, 1.165) is 24.2 Å². The summed E-state index contributed by atoms with van der Waals surface area (Å²) in [6.07, 6.45) is 0. The molecule has 1 saturated heterocycles. The fourth-order valence-electron chi connectivity index (χ4n) is 4.90. The summed E-state index contributed by atoms with van der Waals surface area (Å²) in [6, 6.07) is 19.6. The second-order valence-corrected chi connectivity index (χ2v) is 9.63. The van der Waals surface area contributed by atoms with Gasteiger partial charge in [0.2, 0.25) is 0 Å². The molecule has 208 valence electrons. The molecule has 1 fully saturated rings. The normalized spacial score (nSPS) is 16.5. The van der Waals surface area contributed by atoms with Gasteiger partial charge in [-0.1, -0.05) is 56.3 Å². The minimum absolute atomic E-state index is 0.0950. The summed E-state index contributed by atoms with van der Waals surface area (Å²) in [7, 11) is 0. The number of aliphatic hydroxyl groups is 1. The number of non-ortho nitro benzene ring substituents is 1. The Morgan fingerprint density at radius 3 is 2.40 bits per heavy atom. The van der Waals surface area contributed by atoms with E-state index >= 15 is 0 Å². The molecule has 3 aromatic carbocycles. The number of aliphatic hydroxyl groups excluding tert-OH is 1. The molecule has 0 aromatic heterocycles. The van der Waals surface area contributed by atoms with Crippen molar-refractivity contribution in [3.63, 3.8) is 0 Å². The Kier molecular flexibility index (Phi) is 8.96. The number of ketones is 1. The Morgan fingerprint density at radius 1 is 1.02 bits per heavy atom. The molecular weight excluding hydrogens is 510 g/mol. The van der Waals surface area contributed by atoms with Crippen LogP contribution in [0.4, 0.5) is 5.69 Å². The maximum absolute atomic E-state index is 13.3. The van der Waals surface area contributed by atoms with E-state index < -0.39 is 22.7 Å². The van der Waals surface area contributed by atoms with Gasteiger partial charge in [-0.15, -0.1) is 0 Å². The number of nitro benzene ring substituents is 1. The molecule has 40 heavy (non-hydrogen) atoms. The number of hydrogen-bond donors (Lipinski definition) is 1. The summed E-state index contributed by atoms with van der Waals surface area (Å²) in [5.74, 6) is -1.28. The van der Waals surface area contributed by atoms with Crippen LogP contribution in [0.2, 0.25) is 0 Å². The molecule has 1 N–H and O–H groups in total.